The standard InChI is InChI=1S/C10H15N3O5S/c1-2-11-10(15)8-3-4-13(12-5-8)6-9(14)7-19(16,17)18/h3-5,9,14H,2,6-7H2,1H3,(H-,11,15,16,17,18)/p+1. The van der Waals surface area contributed by atoms with Crippen molar-refractivity contribution in [1.82, 2.24) is 10.4 Å². The summed E-state index contributed by atoms with van der Waals surface area (Å²) in [7, 11) is -4.23. The van der Waals surface area contributed by atoms with Crippen LogP contribution >= 0.6 is 0 Å². The Balaban J connectivity index is 2.64. The van der Waals surface area contributed by atoms with E-state index < -0.39 is 22.0 Å². The van der Waals surface area contributed by atoms with E-state index >= 15 is 0 Å². The van der Waals surface area contributed by atoms with Gasteiger partial charge < -0.3 is 10.4 Å². The number of carbonyl (C=O) groups is 1. The molecule has 0 bridgehead atoms. The van der Waals surface area contributed by atoms with Gasteiger partial charge in [0.1, 0.15) is 18.1 Å². The van der Waals surface area contributed by atoms with Crippen LogP contribution in [0.1, 0.15) is 17.3 Å². The van der Waals surface area contributed by atoms with Crippen LogP contribution in [0.15, 0.2) is 18.5 Å². The number of amides is 1. The van der Waals surface area contributed by atoms with Crippen molar-refractivity contribution in [3.8, 4) is 0 Å². The van der Waals surface area contributed by atoms with Gasteiger partial charge in [0.15, 0.2) is 6.20 Å². The molecule has 106 valence electrons. The number of aliphatic hydroxyl groups is 1. The van der Waals surface area contributed by atoms with Crippen LogP contribution in [-0.4, -0.2) is 47.5 Å². The molecule has 0 aromatic carbocycles. The average Bonchev–Trinajstić information content (AvgIpc) is 2.27. The van der Waals surface area contributed by atoms with Gasteiger partial charge in [0.25, 0.3) is 16.0 Å². The van der Waals surface area contributed by atoms with Gasteiger partial charge in [0, 0.05) is 12.6 Å². The maximum absolute atomic E-state index is 11.4. The molecule has 0 aliphatic rings. The number of rotatable bonds is 6. The van der Waals surface area contributed by atoms with Crippen LogP contribution in [0.5, 0.6) is 0 Å². The van der Waals surface area contributed by atoms with Crippen molar-refractivity contribution in [3.63, 3.8) is 0 Å². The smallest absolute Gasteiger partial charge is 0.267 e. The molecule has 0 radical (unpaired) electrons. The first kappa shape index (κ1) is 15.5. The van der Waals surface area contributed by atoms with Crippen LogP contribution in [0, 0.1) is 0 Å². The second kappa shape index (κ2) is 6.55. The minimum Gasteiger partial charge on any atom is -0.385 e. The Labute approximate surface area is 110 Å². The van der Waals surface area contributed by atoms with Gasteiger partial charge in [-0.15, -0.1) is 0 Å². The third-order valence-electron chi connectivity index (χ3n) is 2.17. The van der Waals surface area contributed by atoms with Crippen LogP contribution in [0.2, 0.25) is 0 Å². The van der Waals surface area contributed by atoms with Gasteiger partial charge in [-0.3, -0.25) is 9.35 Å². The molecule has 1 aromatic rings. The van der Waals surface area contributed by atoms with E-state index in [0.717, 1.165) is 0 Å². The lowest BCUT2D eigenvalue weighted by Crippen LogP contribution is -2.45. The van der Waals surface area contributed by atoms with E-state index in [-0.39, 0.29) is 12.5 Å². The van der Waals surface area contributed by atoms with E-state index in [2.05, 4.69) is 10.4 Å². The van der Waals surface area contributed by atoms with Gasteiger partial charge >= 0.3 is 0 Å². The Morgan fingerprint density at radius 2 is 2.26 bits per heavy atom. The van der Waals surface area contributed by atoms with Crippen LogP contribution in [0.3, 0.4) is 0 Å². The lowest BCUT2D eigenvalue weighted by molar-refractivity contribution is -0.758. The van der Waals surface area contributed by atoms with Crippen LogP contribution < -0.4 is 10.00 Å². The molecule has 0 spiro atoms. The highest BCUT2D eigenvalue weighted by Crippen LogP contribution is 1.94. The second-order valence-electron chi connectivity index (χ2n) is 3.90. The van der Waals surface area contributed by atoms with E-state index in [9.17, 15) is 18.3 Å². The highest BCUT2D eigenvalue weighted by molar-refractivity contribution is 7.85. The lowest BCUT2D eigenvalue weighted by atomic mass is 10.3. The number of aliphatic hydroxyl groups excluding tert-OH is 1. The molecule has 1 rings (SSSR count). The Kier molecular flexibility index (Phi) is 5.33. The van der Waals surface area contributed by atoms with Crippen LogP contribution in [-0.2, 0) is 16.7 Å². The Bertz CT molecular complexity index is 529. The molecule has 1 aromatic heterocycles. The van der Waals surface area contributed by atoms with Crippen molar-refractivity contribution in [3.05, 3.63) is 24.0 Å². The van der Waals surface area contributed by atoms with Gasteiger partial charge in [-0.1, -0.05) is 4.68 Å². The maximum Gasteiger partial charge on any atom is 0.267 e. The number of nitrogens with one attached hydrogen (secondary N) is 1. The molecule has 8 nitrogen and oxygen atoms in total. The van der Waals surface area contributed by atoms with Gasteiger partial charge in [-0.05, 0) is 12.0 Å². The van der Waals surface area contributed by atoms with Crippen molar-refractivity contribution in [2.24, 2.45) is 0 Å². The quantitative estimate of drug-likeness (QED) is 0.427. The zero-order chi connectivity index (χ0) is 14.5. The molecule has 0 saturated heterocycles. The summed E-state index contributed by atoms with van der Waals surface area (Å²) >= 11 is 0. The van der Waals surface area contributed by atoms with E-state index in [0.29, 0.717) is 12.1 Å². The molecule has 0 aliphatic carbocycles. The molecular formula is C10H16N3O5S+. The summed E-state index contributed by atoms with van der Waals surface area (Å²) in [5.41, 5.74) is 0.363. The summed E-state index contributed by atoms with van der Waals surface area (Å²) in [6.07, 6.45) is 1.48. The molecule has 1 heterocycles. The topological polar surface area (TPSA) is 120 Å². The summed E-state index contributed by atoms with van der Waals surface area (Å²) in [6, 6.07) is 1.50. The molecule has 19 heavy (non-hydrogen) atoms. The minimum absolute atomic E-state index is 0.102. The zero-order valence-corrected chi connectivity index (χ0v) is 11.2. The Hall–Kier alpha value is -1.58. The fraction of sp³-hybridized carbons (Fsp3) is 0.500. The molecule has 1 amide bonds. The van der Waals surface area contributed by atoms with Crippen molar-refractivity contribution >= 4 is 16.0 Å². The molecule has 3 N–H and O–H groups in total. The number of aromatic nitrogens is 2. The van der Waals surface area contributed by atoms with Crippen molar-refractivity contribution in [2.75, 3.05) is 12.3 Å². The minimum atomic E-state index is -4.23. The molecular weight excluding hydrogens is 274 g/mol. The molecule has 1 atom stereocenters. The van der Waals surface area contributed by atoms with E-state index in [1.165, 1.54) is 23.1 Å². The number of hydrogen-bond donors (Lipinski definition) is 3. The summed E-state index contributed by atoms with van der Waals surface area (Å²) in [5.74, 6) is -1.03. The van der Waals surface area contributed by atoms with Crippen LogP contribution in [0.25, 0.3) is 0 Å². The molecule has 1 unspecified atom stereocenters. The summed E-state index contributed by atoms with van der Waals surface area (Å²) in [5, 5.41) is 15.9. The van der Waals surface area contributed by atoms with E-state index in [1.807, 2.05) is 0 Å². The van der Waals surface area contributed by atoms with Gasteiger partial charge in [-0.2, -0.15) is 8.42 Å². The fourth-order valence-corrected chi connectivity index (χ4v) is 1.99. The summed E-state index contributed by atoms with van der Waals surface area (Å²) in [4.78, 5) is 11.4. The average molecular weight is 290 g/mol. The predicted molar refractivity (Wildman–Crippen MR) is 64.9 cm³/mol. The lowest BCUT2D eigenvalue weighted by Gasteiger charge is -2.04. The Morgan fingerprint density at radius 1 is 1.58 bits per heavy atom. The molecule has 0 fully saturated rings. The number of carbonyl (C=O) groups excluding carboxylic acids is 1. The normalized spacial score (nSPS) is 13.0. The summed E-state index contributed by atoms with van der Waals surface area (Å²) < 4.78 is 31.0. The predicted octanol–water partition coefficient (Wildman–Crippen LogP) is -1.63. The van der Waals surface area contributed by atoms with Crippen molar-refractivity contribution in [1.29, 1.82) is 0 Å². The van der Waals surface area contributed by atoms with Crippen molar-refractivity contribution in [2.45, 2.75) is 19.6 Å². The Morgan fingerprint density at radius 3 is 2.74 bits per heavy atom. The van der Waals surface area contributed by atoms with Gasteiger partial charge in [-0.25, -0.2) is 0 Å². The number of hydrogen-bond acceptors (Lipinski definition) is 5. The highest BCUT2D eigenvalue weighted by Gasteiger charge is 2.19. The third kappa shape index (κ3) is 5.73. The first-order valence-electron chi connectivity index (χ1n) is 5.59. The monoisotopic (exact) mass is 290 g/mol. The fourth-order valence-electron chi connectivity index (χ4n) is 1.40. The van der Waals surface area contributed by atoms with Gasteiger partial charge in [0.05, 0.1) is 5.56 Å². The third-order valence-corrected chi connectivity index (χ3v) is 2.98. The SMILES string of the molecule is CCNC(=O)c1cc[n+](CC(O)CS(=O)(=O)O)nc1. The van der Waals surface area contributed by atoms with Crippen molar-refractivity contribution < 1.29 is 27.6 Å². The van der Waals surface area contributed by atoms with E-state index in [4.69, 9.17) is 4.55 Å². The molecule has 9 heteroatoms. The zero-order valence-electron chi connectivity index (χ0n) is 10.4. The van der Waals surface area contributed by atoms with E-state index in [1.54, 1.807) is 6.92 Å². The molecule has 0 saturated carbocycles. The van der Waals surface area contributed by atoms with Crippen LogP contribution in [0.4, 0.5) is 0 Å². The first-order valence-corrected chi connectivity index (χ1v) is 7.20. The highest BCUT2D eigenvalue weighted by atomic mass is 32.2. The largest absolute Gasteiger partial charge is 0.385 e. The molecule has 0 aliphatic heterocycles. The second-order valence-corrected chi connectivity index (χ2v) is 5.40. The van der Waals surface area contributed by atoms with Gasteiger partial charge in [0.2, 0.25) is 6.54 Å². The number of nitrogens with zero attached hydrogens (tertiary/aromatic N) is 2. The maximum atomic E-state index is 11.4. The summed E-state index contributed by atoms with van der Waals surface area (Å²) in [6.45, 7) is 2.19. The first-order chi connectivity index (χ1) is 8.81.